The summed E-state index contributed by atoms with van der Waals surface area (Å²) in [7, 11) is 1.37. The minimum absolute atomic E-state index is 0.0223. The molecule has 1 heterocycles. The van der Waals surface area contributed by atoms with E-state index < -0.39 is 11.7 Å². The number of aromatic nitrogens is 2. The van der Waals surface area contributed by atoms with Crippen LogP contribution in [-0.4, -0.2) is 22.8 Å². The van der Waals surface area contributed by atoms with Crippen molar-refractivity contribution in [2.75, 3.05) is 12.4 Å². The van der Waals surface area contributed by atoms with Crippen LogP contribution in [0.3, 0.4) is 0 Å². The number of benzene rings is 2. The van der Waals surface area contributed by atoms with Crippen LogP contribution in [0, 0.1) is 11.6 Å². The van der Waals surface area contributed by atoms with Gasteiger partial charge in [0, 0.05) is 11.8 Å². The van der Waals surface area contributed by atoms with Crippen molar-refractivity contribution in [2.24, 2.45) is 0 Å². The van der Waals surface area contributed by atoms with Crippen LogP contribution in [-0.2, 0) is 0 Å². The minimum Gasteiger partial charge on any atom is -0.494 e. The van der Waals surface area contributed by atoms with Crippen molar-refractivity contribution in [1.82, 2.24) is 9.78 Å². The Hall–Kier alpha value is -3.22. The van der Waals surface area contributed by atoms with E-state index in [9.17, 15) is 13.6 Å². The fraction of sp³-hybridized carbons (Fsp3) is 0.200. The number of nitrogens with one attached hydrogen (secondary N) is 1. The first-order chi connectivity index (χ1) is 12.9. The van der Waals surface area contributed by atoms with Crippen molar-refractivity contribution in [3.05, 3.63) is 71.6 Å². The molecule has 27 heavy (non-hydrogen) atoms. The van der Waals surface area contributed by atoms with E-state index in [1.807, 2.05) is 13.8 Å². The van der Waals surface area contributed by atoms with Gasteiger partial charge in [-0.05, 0) is 42.3 Å². The van der Waals surface area contributed by atoms with Crippen LogP contribution in [0.15, 0.2) is 48.7 Å². The van der Waals surface area contributed by atoms with Crippen molar-refractivity contribution < 1.29 is 18.3 Å². The number of rotatable bonds is 5. The molecule has 0 saturated carbocycles. The fourth-order valence-electron chi connectivity index (χ4n) is 2.82. The van der Waals surface area contributed by atoms with Crippen LogP contribution in [0.25, 0.3) is 5.69 Å². The zero-order valence-electron chi connectivity index (χ0n) is 15.2. The van der Waals surface area contributed by atoms with Crippen LogP contribution >= 0.6 is 0 Å². The summed E-state index contributed by atoms with van der Waals surface area (Å²) in [5.74, 6) is -1.25. The normalized spacial score (nSPS) is 10.9. The molecule has 0 unspecified atom stereocenters. The lowest BCUT2D eigenvalue weighted by molar-refractivity contribution is 0.102. The molecule has 0 spiro atoms. The molecule has 3 rings (SSSR count). The van der Waals surface area contributed by atoms with Gasteiger partial charge in [-0.3, -0.25) is 4.79 Å². The van der Waals surface area contributed by atoms with Gasteiger partial charge in [-0.15, -0.1) is 0 Å². The molecule has 1 aromatic heterocycles. The number of carbonyl (C=O) groups excluding carboxylic acids is 1. The van der Waals surface area contributed by atoms with Crippen LogP contribution in [0.4, 0.5) is 14.5 Å². The standard InChI is InChI=1S/C20H19F2N3O2/c1-12(2)19-16(11-23-25(19)15-7-4-13(21)5-8-15)20(26)24-14-6-9-18(27-3)17(22)10-14/h4-12H,1-3H3,(H,24,26). The zero-order chi connectivity index (χ0) is 19.6. The highest BCUT2D eigenvalue weighted by molar-refractivity contribution is 6.05. The molecule has 0 bridgehead atoms. The molecule has 140 valence electrons. The SMILES string of the molecule is COc1ccc(NC(=O)c2cnn(-c3ccc(F)cc3)c2C(C)C)cc1F. The van der Waals surface area contributed by atoms with Crippen LogP contribution in [0.1, 0.15) is 35.8 Å². The van der Waals surface area contributed by atoms with E-state index in [1.165, 1.54) is 37.6 Å². The summed E-state index contributed by atoms with van der Waals surface area (Å²) < 4.78 is 33.5. The van der Waals surface area contributed by atoms with Crippen molar-refractivity contribution in [1.29, 1.82) is 0 Å². The molecule has 0 atom stereocenters. The second-order valence-corrected chi connectivity index (χ2v) is 6.29. The van der Waals surface area contributed by atoms with E-state index in [-0.39, 0.29) is 17.5 Å². The fourth-order valence-corrected chi connectivity index (χ4v) is 2.82. The van der Waals surface area contributed by atoms with Gasteiger partial charge in [-0.2, -0.15) is 5.10 Å². The maximum absolute atomic E-state index is 13.8. The molecule has 3 aromatic rings. The highest BCUT2D eigenvalue weighted by Crippen LogP contribution is 2.25. The number of methoxy groups -OCH3 is 1. The predicted molar refractivity (Wildman–Crippen MR) is 98.5 cm³/mol. The van der Waals surface area contributed by atoms with E-state index in [4.69, 9.17) is 4.74 Å². The number of carbonyl (C=O) groups is 1. The molecule has 0 radical (unpaired) electrons. The van der Waals surface area contributed by atoms with Gasteiger partial charge in [0.1, 0.15) is 5.82 Å². The first kappa shape index (κ1) is 18.6. The van der Waals surface area contributed by atoms with Gasteiger partial charge in [0.15, 0.2) is 11.6 Å². The molecule has 0 fully saturated rings. The maximum atomic E-state index is 13.8. The molecule has 0 aliphatic carbocycles. The number of amides is 1. The van der Waals surface area contributed by atoms with Gasteiger partial charge in [0.2, 0.25) is 0 Å². The van der Waals surface area contributed by atoms with Gasteiger partial charge in [0.05, 0.1) is 30.3 Å². The van der Waals surface area contributed by atoms with Crippen molar-refractivity contribution in [2.45, 2.75) is 19.8 Å². The minimum atomic E-state index is -0.568. The van der Waals surface area contributed by atoms with E-state index in [2.05, 4.69) is 10.4 Å². The predicted octanol–water partition coefficient (Wildman–Crippen LogP) is 4.53. The van der Waals surface area contributed by atoms with Crippen molar-refractivity contribution in [3.8, 4) is 11.4 Å². The average molecular weight is 371 g/mol. The Morgan fingerprint density at radius 3 is 2.44 bits per heavy atom. The van der Waals surface area contributed by atoms with Crippen molar-refractivity contribution in [3.63, 3.8) is 0 Å². The summed E-state index contributed by atoms with van der Waals surface area (Å²) in [4.78, 5) is 12.7. The largest absolute Gasteiger partial charge is 0.494 e. The van der Waals surface area contributed by atoms with Crippen LogP contribution < -0.4 is 10.1 Å². The summed E-state index contributed by atoms with van der Waals surface area (Å²) in [6.45, 7) is 3.86. The number of nitrogens with zero attached hydrogens (tertiary/aromatic N) is 2. The molecule has 1 N–H and O–H groups in total. The summed E-state index contributed by atoms with van der Waals surface area (Å²) in [5, 5.41) is 6.96. The summed E-state index contributed by atoms with van der Waals surface area (Å²) >= 11 is 0. The van der Waals surface area contributed by atoms with E-state index in [0.717, 1.165) is 0 Å². The molecule has 5 nitrogen and oxygen atoms in total. The number of hydrogen-bond donors (Lipinski definition) is 1. The number of hydrogen-bond acceptors (Lipinski definition) is 3. The molecule has 0 saturated heterocycles. The molecular formula is C20H19F2N3O2. The lowest BCUT2D eigenvalue weighted by Crippen LogP contribution is -2.15. The Labute approximate surface area is 155 Å². The topological polar surface area (TPSA) is 56.1 Å². The lowest BCUT2D eigenvalue weighted by atomic mass is 10.0. The third-order valence-electron chi connectivity index (χ3n) is 4.08. The highest BCUT2D eigenvalue weighted by atomic mass is 19.1. The van der Waals surface area contributed by atoms with Crippen LogP contribution in [0.5, 0.6) is 5.75 Å². The molecule has 2 aromatic carbocycles. The van der Waals surface area contributed by atoms with Gasteiger partial charge >= 0.3 is 0 Å². The smallest absolute Gasteiger partial charge is 0.259 e. The van der Waals surface area contributed by atoms with Crippen LogP contribution in [0.2, 0.25) is 0 Å². The molecule has 0 aliphatic heterocycles. The molecular weight excluding hydrogens is 352 g/mol. The zero-order valence-corrected chi connectivity index (χ0v) is 15.2. The van der Waals surface area contributed by atoms with E-state index in [1.54, 1.807) is 22.9 Å². The van der Waals surface area contributed by atoms with Gasteiger partial charge in [-0.1, -0.05) is 13.8 Å². The number of anilines is 1. The Morgan fingerprint density at radius 1 is 1.15 bits per heavy atom. The second kappa shape index (κ2) is 7.57. The van der Waals surface area contributed by atoms with Gasteiger partial charge in [-0.25, -0.2) is 13.5 Å². The van der Waals surface area contributed by atoms with Gasteiger partial charge in [0.25, 0.3) is 5.91 Å². The van der Waals surface area contributed by atoms with Gasteiger partial charge < -0.3 is 10.1 Å². The van der Waals surface area contributed by atoms with E-state index >= 15 is 0 Å². The first-order valence-corrected chi connectivity index (χ1v) is 8.39. The second-order valence-electron chi connectivity index (χ2n) is 6.29. The Bertz CT molecular complexity index is 966. The Balaban J connectivity index is 1.93. The Morgan fingerprint density at radius 2 is 1.85 bits per heavy atom. The molecule has 1 amide bonds. The summed E-state index contributed by atoms with van der Waals surface area (Å²) in [6, 6.07) is 10.0. The molecule has 0 aliphatic rings. The average Bonchev–Trinajstić information content (AvgIpc) is 3.08. The van der Waals surface area contributed by atoms with Crippen molar-refractivity contribution >= 4 is 11.6 Å². The Kier molecular flexibility index (Phi) is 5.21. The third-order valence-corrected chi connectivity index (χ3v) is 4.08. The third kappa shape index (κ3) is 3.81. The summed E-state index contributed by atoms with van der Waals surface area (Å²) in [5.41, 5.74) is 2.00. The number of ether oxygens (including phenoxy) is 1. The summed E-state index contributed by atoms with van der Waals surface area (Å²) in [6.07, 6.45) is 1.45. The number of halogens is 2. The maximum Gasteiger partial charge on any atom is 0.259 e. The molecule has 7 heteroatoms. The monoisotopic (exact) mass is 371 g/mol. The highest BCUT2D eigenvalue weighted by Gasteiger charge is 2.21. The first-order valence-electron chi connectivity index (χ1n) is 8.39. The van der Waals surface area contributed by atoms with E-state index in [0.29, 0.717) is 22.6 Å². The lowest BCUT2D eigenvalue weighted by Gasteiger charge is -2.13. The quantitative estimate of drug-likeness (QED) is 0.717.